The lowest BCUT2D eigenvalue weighted by Gasteiger charge is -2.11. The Balaban J connectivity index is 1.52. The van der Waals surface area contributed by atoms with E-state index in [2.05, 4.69) is 17.4 Å². The van der Waals surface area contributed by atoms with Crippen LogP contribution in [0.25, 0.3) is 0 Å². The predicted octanol–water partition coefficient (Wildman–Crippen LogP) is 5.10. The van der Waals surface area contributed by atoms with Gasteiger partial charge < -0.3 is 10.1 Å². The van der Waals surface area contributed by atoms with Gasteiger partial charge >= 0.3 is 0 Å². The van der Waals surface area contributed by atoms with E-state index in [9.17, 15) is 4.79 Å². The lowest BCUT2D eigenvalue weighted by molar-refractivity contribution is 0.0944. The topological polar surface area (TPSA) is 38.3 Å². The average Bonchev–Trinajstić information content (AvgIpc) is 2.70. The monoisotopic (exact) mass is 377 g/mol. The normalized spacial score (nSPS) is 10.4. The van der Waals surface area contributed by atoms with Crippen molar-refractivity contribution in [1.29, 1.82) is 0 Å². The zero-order chi connectivity index (χ0) is 18.9. The van der Waals surface area contributed by atoms with Gasteiger partial charge in [-0.25, -0.2) is 0 Å². The number of thioether (sulfide) groups is 1. The lowest BCUT2D eigenvalue weighted by atomic mass is 10.2. The number of amides is 1. The number of ether oxygens (including phenoxy) is 1. The highest BCUT2D eigenvalue weighted by atomic mass is 32.2. The molecule has 4 heteroatoms. The fraction of sp³-hybridized carbons (Fsp3) is 0.174. The van der Waals surface area contributed by atoms with E-state index < -0.39 is 0 Å². The highest BCUT2D eigenvalue weighted by Gasteiger charge is 2.11. The van der Waals surface area contributed by atoms with E-state index >= 15 is 0 Å². The fourth-order valence-corrected chi connectivity index (χ4v) is 3.65. The second-order valence-electron chi connectivity index (χ2n) is 6.19. The van der Waals surface area contributed by atoms with Gasteiger partial charge in [0.15, 0.2) is 0 Å². The van der Waals surface area contributed by atoms with E-state index in [1.54, 1.807) is 11.8 Å². The number of hydrogen-bond donors (Lipinski definition) is 1. The molecular weight excluding hydrogens is 354 g/mol. The molecule has 0 atom stereocenters. The number of nitrogens with one attached hydrogen (secondary N) is 1. The van der Waals surface area contributed by atoms with Crippen LogP contribution in [0.4, 0.5) is 0 Å². The van der Waals surface area contributed by atoms with Gasteiger partial charge in [0.2, 0.25) is 0 Å². The van der Waals surface area contributed by atoms with Crippen molar-refractivity contribution in [1.82, 2.24) is 5.32 Å². The number of benzene rings is 3. The third-order valence-electron chi connectivity index (χ3n) is 4.01. The summed E-state index contributed by atoms with van der Waals surface area (Å²) in [5.74, 6) is 1.59. The van der Waals surface area contributed by atoms with Crippen LogP contribution in [-0.4, -0.2) is 19.1 Å². The molecule has 0 bridgehead atoms. The summed E-state index contributed by atoms with van der Waals surface area (Å²) in [7, 11) is 0. The van der Waals surface area contributed by atoms with E-state index in [0.717, 1.165) is 22.0 Å². The van der Waals surface area contributed by atoms with Crippen LogP contribution in [0.2, 0.25) is 0 Å². The predicted molar refractivity (Wildman–Crippen MR) is 111 cm³/mol. The molecule has 0 spiro atoms. The summed E-state index contributed by atoms with van der Waals surface area (Å²) in [6.45, 7) is 2.93. The Kier molecular flexibility index (Phi) is 6.94. The van der Waals surface area contributed by atoms with Gasteiger partial charge in [-0.05, 0) is 42.3 Å². The summed E-state index contributed by atoms with van der Waals surface area (Å²) < 4.78 is 5.69. The van der Waals surface area contributed by atoms with Crippen LogP contribution in [0.1, 0.15) is 21.5 Å². The molecule has 0 aliphatic carbocycles. The van der Waals surface area contributed by atoms with E-state index in [0.29, 0.717) is 18.7 Å². The van der Waals surface area contributed by atoms with Gasteiger partial charge in [0, 0.05) is 10.6 Å². The van der Waals surface area contributed by atoms with Crippen LogP contribution in [0.15, 0.2) is 83.8 Å². The van der Waals surface area contributed by atoms with Gasteiger partial charge in [-0.3, -0.25) is 4.79 Å². The van der Waals surface area contributed by atoms with Crippen molar-refractivity contribution in [2.75, 3.05) is 13.2 Å². The molecule has 3 rings (SSSR count). The second kappa shape index (κ2) is 9.83. The largest absolute Gasteiger partial charge is 0.492 e. The Labute approximate surface area is 164 Å². The molecule has 0 saturated carbocycles. The molecule has 0 aliphatic heterocycles. The summed E-state index contributed by atoms with van der Waals surface area (Å²) in [5, 5.41) is 2.95. The second-order valence-corrected chi connectivity index (χ2v) is 7.21. The van der Waals surface area contributed by atoms with Crippen LogP contribution >= 0.6 is 11.8 Å². The number of aryl methyl sites for hydroxylation is 1. The van der Waals surface area contributed by atoms with E-state index in [-0.39, 0.29) is 5.91 Å². The average molecular weight is 378 g/mol. The number of hydrogen-bond acceptors (Lipinski definition) is 3. The number of rotatable bonds is 8. The van der Waals surface area contributed by atoms with Gasteiger partial charge in [-0.2, -0.15) is 0 Å². The minimum Gasteiger partial charge on any atom is -0.492 e. The lowest BCUT2D eigenvalue weighted by Crippen LogP contribution is -2.28. The first-order chi connectivity index (χ1) is 13.2. The summed E-state index contributed by atoms with van der Waals surface area (Å²) in [6.07, 6.45) is 0. The summed E-state index contributed by atoms with van der Waals surface area (Å²) in [4.78, 5) is 13.5. The van der Waals surface area contributed by atoms with Crippen LogP contribution < -0.4 is 10.1 Å². The van der Waals surface area contributed by atoms with Crippen molar-refractivity contribution < 1.29 is 9.53 Å². The van der Waals surface area contributed by atoms with Gasteiger partial charge in [0.05, 0.1) is 12.1 Å². The minimum absolute atomic E-state index is 0.0704. The van der Waals surface area contributed by atoms with Crippen LogP contribution in [0.3, 0.4) is 0 Å². The van der Waals surface area contributed by atoms with Crippen molar-refractivity contribution in [2.45, 2.75) is 17.6 Å². The molecular formula is C23H23NO2S. The molecule has 1 N–H and O–H groups in total. The first kappa shape index (κ1) is 19.1. The maximum Gasteiger partial charge on any atom is 0.252 e. The Morgan fingerprint density at radius 3 is 2.56 bits per heavy atom. The number of carbonyl (C=O) groups excluding carboxylic acids is 1. The maximum absolute atomic E-state index is 12.6. The van der Waals surface area contributed by atoms with Crippen molar-refractivity contribution in [3.63, 3.8) is 0 Å². The number of carbonyl (C=O) groups is 1. The first-order valence-corrected chi connectivity index (χ1v) is 9.94. The van der Waals surface area contributed by atoms with Crippen LogP contribution in [0, 0.1) is 6.92 Å². The Bertz CT molecular complexity index is 880. The third kappa shape index (κ3) is 5.90. The van der Waals surface area contributed by atoms with E-state index in [4.69, 9.17) is 4.74 Å². The minimum atomic E-state index is -0.0704. The summed E-state index contributed by atoms with van der Waals surface area (Å²) in [5.41, 5.74) is 3.10. The van der Waals surface area contributed by atoms with Gasteiger partial charge in [-0.15, -0.1) is 11.8 Å². The van der Waals surface area contributed by atoms with Crippen LogP contribution in [-0.2, 0) is 5.75 Å². The molecule has 3 aromatic rings. The van der Waals surface area contributed by atoms with Gasteiger partial charge in [0.1, 0.15) is 12.4 Å². The molecule has 0 radical (unpaired) electrons. The molecule has 138 valence electrons. The Morgan fingerprint density at radius 1 is 0.963 bits per heavy atom. The molecule has 0 aliphatic rings. The van der Waals surface area contributed by atoms with Crippen molar-refractivity contribution in [2.24, 2.45) is 0 Å². The third-order valence-corrected chi connectivity index (χ3v) is 5.16. The zero-order valence-electron chi connectivity index (χ0n) is 15.4. The molecule has 27 heavy (non-hydrogen) atoms. The molecule has 0 fully saturated rings. The molecule has 3 nitrogen and oxygen atoms in total. The SMILES string of the molecule is Cc1cccc(OCCNC(=O)c2ccccc2SCc2ccccc2)c1. The highest BCUT2D eigenvalue weighted by molar-refractivity contribution is 7.98. The molecule has 3 aromatic carbocycles. The smallest absolute Gasteiger partial charge is 0.252 e. The quantitative estimate of drug-likeness (QED) is 0.439. The van der Waals surface area contributed by atoms with E-state index in [1.807, 2.05) is 73.7 Å². The van der Waals surface area contributed by atoms with Crippen LogP contribution in [0.5, 0.6) is 5.75 Å². The van der Waals surface area contributed by atoms with Gasteiger partial charge in [0.25, 0.3) is 5.91 Å². The Morgan fingerprint density at radius 2 is 1.74 bits per heavy atom. The standard InChI is InChI=1S/C23H23NO2S/c1-18-8-7-11-20(16-18)26-15-14-24-23(25)21-12-5-6-13-22(21)27-17-19-9-3-2-4-10-19/h2-13,16H,14-15,17H2,1H3,(H,24,25). The highest BCUT2D eigenvalue weighted by Crippen LogP contribution is 2.26. The van der Waals surface area contributed by atoms with Crippen molar-refractivity contribution in [3.05, 3.63) is 95.6 Å². The van der Waals surface area contributed by atoms with Crippen molar-refractivity contribution in [3.8, 4) is 5.75 Å². The van der Waals surface area contributed by atoms with E-state index in [1.165, 1.54) is 5.56 Å². The first-order valence-electron chi connectivity index (χ1n) is 8.96. The zero-order valence-corrected chi connectivity index (χ0v) is 16.2. The Hall–Kier alpha value is -2.72. The molecule has 0 aromatic heterocycles. The fourth-order valence-electron chi connectivity index (χ4n) is 2.65. The molecule has 0 saturated heterocycles. The molecule has 1 amide bonds. The summed E-state index contributed by atoms with van der Waals surface area (Å²) >= 11 is 1.67. The van der Waals surface area contributed by atoms with Gasteiger partial charge in [-0.1, -0.05) is 54.6 Å². The maximum atomic E-state index is 12.6. The van der Waals surface area contributed by atoms with Crippen molar-refractivity contribution >= 4 is 17.7 Å². The summed E-state index contributed by atoms with van der Waals surface area (Å²) in [6, 6.07) is 25.9. The molecule has 0 heterocycles. The molecule has 0 unspecified atom stereocenters.